The highest BCUT2D eigenvalue weighted by molar-refractivity contribution is 5.49. The van der Waals surface area contributed by atoms with Gasteiger partial charge in [0.15, 0.2) is 11.5 Å². The molecule has 1 aromatic carbocycles. The number of hydrogen-bond acceptors (Lipinski definition) is 3. The van der Waals surface area contributed by atoms with E-state index in [0.29, 0.717) is 6.04 Å². The Labute approximate surface area is 109 Å². The second-order valence-electron chi connectivity index (χ2n) is 5.20. The van der Waals surface area contributed by atoms with Crippen molar-refractivity contribution >= 4 is 0 Å². The topological polar surface area (TPSA) is 30.5 Å². The minimum atomic E-state index is 0.391. The zero-order valence-corrected chi connectivity index (χ0v) is 11.5. The maximum Gasteiger partial charge on any atom is 0.165 e. The van der Waals surface area contributed by atoms with Gasteiger partial charge in [-0.1, -0.05) is 26.0 Å². The molecule has 2 rings (SSSR count). The molecule has 0 saturated carbocycles. The molecule has 1 atom stereocenters. The highest BCUT2D eigenvalue weighted by Crippen LogP contribution is 2.39. The van der Waals surface area contributed by atoms with E-state index in [2.05, 4.69) is 25.2 Å². The molecule has 0 radical (unpaired) electrons. The van der Waals surface area contributed by atoms with Gasteiger partial charge >= 0.3 is 0 Å². The minimum absolute atomic E-state index is 0.391. The lowest BCUT2D eigenvalue weighted by Gasteiger charge is -2.28. The summed E-state index contributed by atoms with van der Waals surface area (Å²) < 4.78 is 11.1. The van der Waals surface area contributed by atoms with Gasteiger partial charge in [0.2, 0.25) is 0 Å². The van der Waals surface area contributed by atoms with E-state index in [1.807, 2.05) is 12.1 Å². The summed E-state index contributed by atoms with van der Waals surface area (Å²) in [6.07, 6.45) is 2.23. The minimum Gasteiger partial charge on any atom is -0.493 e. The van der Waals surface area contributed by atoms with Crippen LogP contribution < -0.4 is 14.8 Å². The molecular weight excluding hydrogens is 226 g/mol. The molecule has 3 nitrogen and oxygen atoms in total. The van der Waals surface area contributed by atoms with E-state index in [4.69, 9.17) is 9.47 Å². The van der Waals surface area contributed by atoms with Crippen molar-refractivity contribution < 1.29 is 9.47 Å². The number of nitrogens with one attached hydrogen (secondary N) is 1. The van der Waals surface area contributed by atoms with Crippen LogP contribution in [0.1, 0.15) is 38.3 Å². The van der Waals surface area contributed by atoms with Crippen LogP contribution in [0.3, 0.4) is 0 Å². The highest BCUT2D eigenvalue weighted by Gasteiger charge is 2.23. The average molecular weight is 249 g/mol. The summed E-state index contributed by atoms with van der Waals surface area (Å²) in [6, 6.07) is 6.51. The number of rotatable bonds is 5. The summed E-state index contributed by atoms with van der Waals surface area (Å²) in [6.45, 7) is 6.32. The fraction of sp³-hybridized carbons (Fsp3) is 0.600. The van der Waals surface area contributed by atoms with Crippen LogP contribution in [0.5, 0.6) is 11.5 Å². The molecule has 1 unspecified atom stereocenters. The summed E-state index contributed by atoms with van der Waals surface area (Å²) in [5.41, 5.74) is 1.23. The number of methoxy groups -OCH3 is 1. The fourth-order valence-electron chi connectivity index (χ4n) is 2.32. The third-order valence-electron chi connectivity index (χ3n) is 3.37. The van der Waals surface area contributed by atoms with Crippen molar-refractivity contribution in [2.45, 2.75) is 32.7 Å². The molecule has 18 heavy (non-hydrogen) atoms. The van der Waals surface area contributed by atoms with Gasteiger partial charge in [-0.05, 0) is 24.9 Å². The molecule has 0 aromatic heterocycles. The Hall–Kier alpha value is -1.22. The molecule has 1 aromatic rings. The van der Waals surface area contributed by atoms with E-state index in [1.165, 1.54) is 12.0 Å². The summed E-state index contributed by atoms with van der Waals surface area (Å²) in [5, 5.41) is 3.62. The number of ether oxygens (including phenoxy) is 2. The monoisotopic (exact) mass is 249 g/mol. The van der Waals surface area contributed by atoms with Crippen LogP contribution in [0.25, 0.3) is 0 Å². The smallest absolute Gasteiger partial charge is 0.165 e. The Kier molecular flexibility index (Phi) is 4.48. The third kappa shape index (κ3) is 2.96. The summed E-state index contributed by atoms with van der Waals surface area (Å²) in [4.78, 5) is 0. The van der Waals surface area contributed by atoms with E-state index in [-0.39, 0.29) is 0 Å². The van der Waals surface area contributed by atoms with Crippen molar-refractivity contribution in [3.63, 3.8) is 0 Å². The molecule has 0 bridgehead atoms. The normalized spacial score (nSPS) is 18.3. The van der Waals surface area contributed by atoms with Crippen molar-refractivity contribution in [2.24, 2.45) is 5.92 Å². The summed E-state index contributed by atoms with van der Waals surface area (Å²) in [7, 11) is 1.69. The molecule has 0 spiro atoms. The predicted molar refractivity (Wildman–Crippen MR) is 73.3 cm³/mol. The molecule has 1 N–H and O–H groups in total. The summed E-state index contributed by atoms with van der Waals surface area (Å²) >= 11 is 0. The molecular formula is C15H23NO2. The van der Waals surface area contributed by atoms with E-state index >= 15 is 0 Å². The van der Waals surface area contributed by atoms with Crippen molar-refractivity contribution in [3.8, 4) is 11.5 Å². The summed E-state index contributed by atoms with van der Waals surface area (Å²) in [5.74, 6) is 2.48. The van der Waals surface area contributed by atoms with Crippen molar-refractivity contribution in [2.75, 3.05) is 20.3 Å². The van der Waals surface area contributed by atoms with Gasteiger partial charge in [-0.2, -0.15) is 0 Å². The van der Waals surface area contributed by atoms with Gasteiger partial charge in [-0.3, -0.25) is 0 Å². The van der Waals surface area contributed by atoms with Gasteiger partial charge in [-0.25, -0.2) is 0 Å². The SMILES string of the molecule is COc1cccc2c1OCCC2NCCC(C)C. The molecule has 1 aliphatic heterocycles. The largest absolute Gasteiger partial charge is 0.493 e. The quantitative estimate of drug-likeness (QED) is 0.869. The van der Waals surface area contributed by atoms with Gasteiger partial charge in [-0.15, -0.1) is 0 Å². The Morgan fingerprint density at radius 1 is 1.44 bits per heavy atom. The zero-order chi connectivity index (χ0) is 13.0. The van der Waals surface area contributed by atoms with Crippen LogP contribution in [0.4, 0.5) is 0 Å². The standard InChI is InChI=1S/C15H23NO2/c1-11(2)7-9-16-13-8-10-18-15-12(13)5-4-6-14(15)17-3/h4-6,11,13,16H,7-10H2,1-3H3. The number of hydrogen-bond donors (Lipinski definition) is 1. The van der Waals surface area contributed by atoms with Crippen LogP contribution in [0.2, 0.25) is 0 Å². The van der Waals surface area contributed by atoms with Crippen LogP contribution in [-0.4, -0.2) is 20.3 Å². The van der Waals surface area contributed by atoms with E-state index in [1.54, 1.807) is 7.11 Å². The molecule has 0 fully saturated rings. The van der Waals surface area contributed by atoms with Crippen molar-refractivity contribution in [1.82, 2.24) is 5.32 Å². The first-order valence-electron chi connectivity index (χ1n) is 6.75. The lowest BCUT2D eigenvalue weighted by atomic mass is 9.99. The maximum absolute atomic E-state index is 5.74. The molecule has 1 heterocycles. The maximum atomic E-state index is 5.74. The first-order chi connectivity index (χ1) is 8.72. The Bertz CT molecular complexity index is 390. The number of fused-ring (bicyclic) bond motifs is 1. The highest BCUT2D eigenvalue weighted by atomic mass is 16.5. The van der Waals surface area contributed by atoms with E-state index in [9.17, 15) is 0 Å². The number of benzene rings is 1. The lowest BCUT2D eigenvalue weighted by molar-refractivity contribution is 0.238. The van der Waals surface area contributed by atoms with Crippen LogP contribution >= 0.6 is 0 Å². The molecule has 100 valence electrons. The van der Waals surface area contributed by atoms with Crippen LogP contribution in [0.15, 0.2) is 18.2 Å². The average Bonchev–Trinajstić information content (AvgIpc) is 2.38. The fourth-order valence-corrected chi connectivity index (χ4v) is 2.32. The predicted octanol–water partition coefficient (Wildman–Crippen LogP) is 3.15. The van der Waals surface area contributed by atoms with Gasteiger partial charge in [0.1, 0.15) is 0 Å². The van der Waals surface area contributed by atoms with E-state index < -0.39 is 0 Å². The van der Waals surface area contributed by atoms with E-state index in [0.717, 1.165) is 37.0 Å². The van der Waals surface area contributed by atoms with Gasteiger partial charge < -0.3 is 14.8 Å². The first-order valence-corrected chi connectivity index (χ1v) is 6.75. The van der Waals surface area contributed by atoms with Gasteiger partial charge in [0.25, 0.3) is 0 Å². The van der Waals surface area contributed by atoms with Crippen molar-refractivity contribution in [1.29, 1.82) is 0 Å². The van der Waals surface area contributed by atoms with Crippen molar-refractivity contribution in [3.05, 3.63) is 23.8 Å². The van der Waals surface area contributed by atoms with Gasteiger partial charge in [0.05, 0.1) is 13.7 Å². The molecule has 0 saturated heterocycles. The molecule has 0 amide bonds. The lowest BCUT2D eigenvalue weighted by Crippen LogP contribution is -2.28. The molecule has 3 heteroatoms. The second-order valence-corrected chi connectivity index (χ2v) is 5.20. The first kappa shape index (κ1) is 13.2. The van der Waals surface area contributed by atoms with Crippen LogP contribution in [-0.2, 0) is 0 Å². The zero-order valence-electron chi connectivity index (χ0n) is 11.5. The molecule has 0 aliphatic carbocycles. The Morgan fingerprint density at radius 2 is 2.28 bits per heavy atom. The Morgan fingerprint density at radius 3 is 3.00 bits per heavy atom. The second kappa shape index (κ2) is 6.10. The number of para-hydroxylation sites is 1. The molecule has 1 aliphatic rings. The third-order valence-corrected chi connectivity index (χ3v) is 3.37. The van der Waals surface area contributed by atoms with Gasteiger partial charge in [0, 0.05) is 18.0 Å². The Balaban J connectivity index is 2.08. The van der Waals surface area contributed by atoms with Crippen LogP contribution in [0, 0.1) is 5.92 Å².